The molecule has 1 aromatic carbocycles. The van der Waals surface area contributed by atoms with E-state index in [1.165, 1.54) is 16.7 Å². The van der Waals surface area contributed by atoms with E-state index in [2.05, 4.69) is 5.32 Å². The second-order valence-corrected chi connectivity index (χ2v) is 6.00. The van der Waals surface area contributed by atoms with Gasteiger partial charge in [0, 0.05) is 24.2 Å². The second-order valence-electron chi connectivity index (χ2n) is 4.58. The van der Waals surface area contributed by atoms with Gasteiger partial charge in [0.15, 0.2) is 0 Å². The fraction of sp³-hybridized carbons (Fsp3) is 0.429. The monoisotopic (exact) mass is 329 g/mol. The van der Waals surface area contributed by atoms with Crippen molar-refractivity contribution in [2.45, 2.75) is 18.2 Å². The van der Waals surface area contributed by atoms with Gasteiger partial charge in [0.05, 0.1) is 17.3 Å². The van der Waals surface area contributed by atoms with Gasteiger partial charge in [-0.25, -0.2) is 0 Å². The SMILES string of the molecule is CCCNC(=O)CN(C)C(=O)CSc1ccc(N)cc1Cl. The Hall–Kier alpha value is -1.40. The summed E-state index contributed by atoms with van der Waals surface area (Å²) in [4.78, 5) is 25.7. The Balaban J connectivity index is 2.43. The highest BCUT2D eigenvalue weighted by atomic mass is 35.5. The molecule has 7 heteroatoms. The van der Waals surface area contributed by atoms with Crippen LogP contribution in [0.25, 0.3) is 0 Å². The van der Waals surface area contributed by atoms with Crippen molar-refractivity contribution in [1.29, 1.82) is 0 Å². The highest BCUT2D eigenvalue weighted by Gasteiger charge is 2.13. The van der Waals surface area contributed by atoms with E-state index < -0.39 is 0 Å². The Kier molecular flexibility index (Phi) is 7.39. The molecular formula is C14H20ClN3O2S. The van der Waals surface area contributed by atoms with Crippen molar-refractivity contribution >= 4 is 40.9 Å². The van der Waals surface area contributed by atoms with Crippen molar-refractivity contribution in [3.63, 3.8) is 0 Å². The number of nitrogens with one attached hydrogen (secondary N) is 1. The number of nitrogen functional groups attached to an aromatic ring is 1. The van der Waals surface area contributed by atoms with Crippen LogP contribution in [0.15, 0.2) is 23.1 Å². The summed E-state index contributed by atoms with van der Waals surface area (Å²) in [6, 6.07) is 5.17. The minimum Gasteiger partial charge on any atom is -0.399 e. The second kappa shape index (κ2) is 8.79. The number of halogens is 1. The highest BCUT2D eigenvalue weighted by Crippen LogP contribution is 2.28. The summed E-state index contributed by atoms with van der Waals surface area (Å²) >= 11 is 7.37. The molecule has 5 nitrogen and oxygen atoms in total. The molecule has 2 amide bonds. The number of amides is 2. The lowest BCUT2D eigenvalue weighted by Gasteiger charge is -2.16. The van der Waals surface area contributed by atoms with Gasteiger partial charge >= 0.3 is 0 Å². The van der Waals surface area contributed by atoms with Gasteiger partial charge in [-0.05, 0) is 24.6 Å². The first-order chi connectivity index (χ1) is 9.93. The van der Waals surface area contributed by atoms with E-state index in [1.807, 2.05) is 6.92 Å². The van der Waals surface area contributed by atoms with Crippen LogP contribution in [-0.2, 0) is 9.59 Å². The first kappa shape index (κ1) is 17.7. The van der Waals surface area contributed by atoms with Crippen molar-refractivity contribution in [1.82, 2.24) is 10.2 Å². The molecule has 1 rings (SSSR count). The van der Waals surface area contributed by atoms with Gasteiger partial charge in [0.25, 0.3) is 0 Å². The predicted molar refractivity (Wildman–Crippen MR) is 87.5 cm³/mol. The van der Waals surface area contributed by atoms with Crippen LogP contribution in [0.1, 0.15) is 13.3 Å². The molecule has 0 aliphatic heterocycles. The fourth-order valence-electron chi connectivity index (χ4n) is 1.51. The number of benzene rings is 1. The third-order valence-corrected chi connectivity index (χ3v) is 4.17. The van der Waals surface area contributed by atoms with Crippen LogP contribution in [0.3, 0.4) is 0 Å². The summed E-state index contributed by atoms with van der Waals surface area (Å²) in [6.07, 6.45) is 0.870. The van der Waals surface area contributed by atoms with Gasteiger partial charge in [-0.15, -0.1) is 11.8 Å². The Morgan fingerprint density at radius 1 is 1.43 bits per heavy atom. The van der Waals surface area contributed by atoms with Gasteiger partial charge in [-0.2, -0.15) is 0 Å². The first-order valence-corrected chi connectivity index (χ1v) is 7.99. The molecule has 0 aliphatic rings. The van der Waals surface area contributed by atoms with Gasteiger partial charge in [-0.3, -0.25) is 9.59 Å². The Bertz CT molecular complexity index is 511. The molecular weight excluding hydrogens is 310 g/mol. The quantitative estimate of drug-likeness (QED) is 0.592. The van der Waals surface area contributed by atoms with Crippen LogP contribution in [0.5, 0.6) is 0 Å². The average Bonchev–Trinajstić information content (AvgIpc) is 2.43. The van der Waals surface area contributed by atoms with Crippen LogP contribution >= 0.6 is 23.4 Å². The maximum absolute atomic E-state index is 12.0. The molecule has 0 aromatic heterocycles. The van der Waals surface area contributed by atoms with Crippen molar-refractivity contribution in [2.75, 3.05) is 31.6 Å². The average molecular weight is 330 g/mol. The summed E-state index contributed by atoms with van der Waals surface area (Å²) < 4.78 is 0. The number of carbonyl (C=O) groups excluding carboxylic acids is 2. The van der Waals surface area contributed by atoms with E-state index in [4.69, 9.17) is 17.3 Å². The topological polar surface area (TPSA) is 75.4 Å². The molecule has 3 N–H and O–H groups in total. The van der Waals surface area contributed by atoms with Crippen molar-refractivity contribution in [3.8, 4) is 0 Å². The molecule has 0 radical (unpaired) electrons. The molecule has 21 heavy (non-hydrogen) atoms. The number of nitrogens with two attached hydrogens (primary N) is 1. The number of likely N-dealkylation sites (N-methyl/N-ethyl adjacent to an activating group) is 1. The normalized spacial score (nSPS) is 10.2. The van der Waals surface area contributed by atoms with Crippen molar-refractivity contribution < 1.29 is 9.59 Å². The molecule has 0 saturated carbocycles. The molecule has 0 fully saturated rings. The molecule has 0 bridgehead atoms. The smallest absolute Gasteiger partial charge is 0.239 e. The summed E-state index contributed by atoms with van der Waals surface area (Å²) in [6.45, 7) is 2.66. The molecule has 0 saturated heterocycles. The summed E-state index contributed by atoms with van der Waals surface area (Å²) in [7, 11) is 1.61. The van der Waals surface area contributed by atoms with E-state index in [0.717, 1.165) is 11.3 Å². The Labute approximate surface area is 134 Å². The molecule has 0 atom stereocenters. The van der Waals surface area contributed by atoms with Crippen molar-refractivity contribution in [3.05, 3.63) is 23.2 Å². The van der Waals surface area contributed by atoms with Gasteiger partial charge in [-0.1, -0.05) is 18.5 Å². The van der Waals surface area contributed by atoms with Crippen LogP contribution in [-0.4, -0.2) is 42.6 Å². The number of hydrogen-bond acceptors (Lipinski definition) is 4. The molecule has 0 aliphatic carbocycles. The Morgan fingerprint density at radius 3 is 2.76 bits per heavy atom. The summed E-state index contributed by atoms with van der Waals surface area (Å²) in [5.74, 6) is -0.0518. The lowest BCUT2D eigenvalue weighted by atomic mass is 10.3. The fourth-order valence-corrected chi connectivity index (χ4v) is 2.72. The van der Waals surface area contributed by atoms with Crippen LogP contribution < -0.4 is 11.1 Å². The van der Waals surface area contributed by atoms with E-state index in [1.54, 1.807) is 25.2 Å². The maximum Gasteiger partial charge on any atom is 0.239 e. The number of carbonyl (C=O) groups is 2. The van der Waals surface area contributed by atoms with Crippen molar-refractivity contribution in [2.24, 2.45) is 0 Å². The Morgan fingerprint density at radius 2 is 2.14 bits per heavy atom. The largest absolute Gasteiger partial charge is 0.399 e. The third-order valence-electron chi connectivity index (χ3n) is 2.69. The standard InChI is InChI=1S/C14H20ClN3O2S/c1-3-6-17-13(19)8-18(2)14(20)9-21-12-5-4-10(16)7-11(12)15/h4-5,7H,3,6,8-9,16H2,1-2H3,(H,17,19). The van der Waals surface area contributed by atoms with Gasteiger partial charge in [0.1, 0.15) is 0 Å². The van der Waals surface area contributed by atoms with Crippen LogP contribution in [0.2, 0.25) is 5.02 Å². The predicted octanol–water partition coefficient (Wildman–Crippen LogP) is 2.00. The maximum atomic E-state index is 12.0. The number of thioether (sulfide) groups is 1. The highest BCUT2D eigenvalue weighted by molar-refractivity contribution is 8.00. The minimum atomic E-state index is -0.150. The van der Waals surface area contributed by atoms with E-state index in [-0.39, 0.29) is 24.1 Å². The number of hydrogen-bond donors (Lipinski definition) is 2. The van der Waals surface area contributed by atoms with E-state index >= 15 is 0 Å². The van der Waals surface area contributed by atoms with E-state index in [9.17, 15) is 9.59 Å². The number of anilines is 1. The van der Waals surface area contributed by atoms with E-state index in [0.29, 0.717) is 17.3 Å². The van der Waals surface area contributed by atoms with Gasteiger partial charge in [0.2, 0.25) is 11.8 Å². The minimum absolute atomic E-state index is 0.0643. The van der Waals surface area contributed by atoms with Gasteiger partial charge < -0.3 is 16.0 Å². The lowest BCUT2D eigenvalue weighted by Crippen LogP contribution is -2.39. The lowest BCUT2D eigenvalue weighted by molar-refractivity contribution is -0.132. The number of rotatable bonds is 7. The van der Waals surface area contributed by atoms with Crippen LogP contribution in [0, 0.1) is 0 Å². The zero-order chi connectivity index (χ0) is 15.8. The molecule has 0 heterocycles. The molecule has 0 unspecified atom stereocenters. The third kappa shape index (κ3) is 6.27. The summed E-state index contributed by atoms with van der Waals surface area (Å²) in [5.41, 5.74) is 6.20. The zero-order valence-electron chi connectivity index (χ0n) is 12.2. The first-order valence-electron chi connectivity index (χ1n) is 6.62. The molecule has 116 valence electrons. The molecule has 0 spiro atoms. The number of nitrogens with zero attached hydrogens (tertiary/aromatic N) is 1. The molecule has 1 aromatic rings. The summed E-state index contributed by atoms with van der Waals surface area (Å²) in [5, 5.41) is 3.26. The zero-order valence-corrected chi connectivity index (χ0v) is 13.8. The van der Waals surface area contributed by atoms with Crippen LogP contribution in [0.4, 0.5) is 5.69 Å².